The van der Waals surface area contributed by atoms with Crippen molar-refractivity contribution in [1.82, 2.24) is 47.7 Å². The van der Waals surface area contributed by atoms with Crippen LogP contribution >= 0.6 is 0 Å². The molecule has 74 heavy (non-hydrogen) atoms. The standard InChI is InChI=1S/C51H75N13O10/c1-5-7-19-37(58-31(4)65)45(68)61-39-23-24-42(66)74-57-26-14-13-21-36(44(52)67)59-49(72)41(28-33-29-56-35-20-12-11-18-34(33)35)62-46(69)38(22-15-25-55-51(53)54)60-48(71)40(27-32-16-9-8-10-17-32)63-50(73)43(30(3)6-2)64-47(39)70/h8-12,16-18,20,29-30,36-41,43,56-57H,5-7,13-15,19,21-28H2,1-4H3,(H2,52,67)(H,58,65)(H,59,72)(H,60,71)(H,61,68)(H,62,69)(H,63,73)(H,64,70)(H4,53,54,55)/t30?,36-,37-,38-,39-,40+,41-,43-/m0/s1. The molecule has 404 valence electrons. The summed E-state index contributed by atoms with van der Waals surface area (Å²) in [6.07, 6.45) is 3.75. The molecule has 2 aromatic carbocycles. The SMILES string of the molecule is CCCC[C@H](NC(C)=O)C(=O)N[C@H]1CCC(=O)ONCCCC[C@@H](C(N)=O)NC(=O)[C@H](Cc2c[nH]c3ccccc23)NC(=O)[C@H](CCCN=C(N)N)NC(=O)[C@@H](Cc2ccccc2)NC(=O)[C@H](C(C)CC)NC1=O. The summed E-state index contributed by atoms with van der Waals surface area (Å²) in [6.45, 7) is 6.88. The van der Waals surface area contributed by atoms with Gasteiger partial charge in [0.05, 0.1) is 0 Å². The average molecular weight is 1030 g/mol. The van der Waals surface area contributed by atoms with Gasteiger partial charge in [0, 0.05) is 56.4 Å². The first-order valence-electron chi connectivity index (χ1n) is 25.4. The fraction of sp³-hybridized carbons (Fsp3) is 0.529. The van der Waals surface area contributed by atoms with Crippen molar-refractivity contribution >= 4 is 70.1 Å². The molecule has 0 spiro atoms. The van der Waals surface area contributed by atoms with E-state index in [-0.39, 0.29) is 70.4 Å². The van der Waals surface area contributed by atoms with E-state index in [0.29, 0.717) is 43.2 Å². The van der Waals surface area contributed by atoms with E-state index < -0.39 is 101 Å². The highest BCUT2D eigenvalue weighted by Gasteiger charge is 2.36. The van der Waals surface area contributed by atoms with E-state index in [4.69, 9.17) is 22.0 Å². The van der Waals surface area contributed by atoms with Crippen molar-refractivity contribution in [2.24, 2.45) is 28.1 Å². The second kappa shape index (κ2) is 30.5. The van der Waals surface area contributed by atoms with Gasteiger partial charge in [-0.15, -0.1) is 0 Å². The summed E-state index contributed by atoms with van der Waals surface area (Å²) in [4.78, 5) is 137. The molecule has 0 aliphatic carbocycles. The van der Waals surface area contributed by atoms with Crippen LogP contribution in [0.4, 0.5) is 0 Å². The molecule has 0 bridgehead atoms. The number of hydrogen-bond donors (Lipinski definition) is 12. The van der Waals surface area contributed by atoms with Crippen LogP contribution < -0.4 is 59.9 Å². The highest BCUT2D eigenvalue weighted by molar-refractivity contribution is 5.98. The van der Waals surface area contributed by atoms with E-state index in [2.05, 4.69) is 52.7 Å². The number of rotatable bonds is 17. The van der Waals surface area contributed by atoms with Crippen LogP contribution in [0.5, 0.6) is 0 Å². The molecule has 15 N–H and O–H groups in total. The predicted octanol–water partition coefficient (Wildman–Crippen LogP) is 0.154. The molecule has 1 unspecified atom stereocenters. The zero-order valence-electron chi connectivity index (χ0n) is 42.8. The third-order valence-electron chi connectivity index (χ3n) is 12.7. The molecule has 8 atom stereocenters. The largest absolute Gasteiger partial charge is 0.371 e. The lowest BCUT2D eigenvalue weighted by molar-refractivity contribution is -0.151. The molecule has 1 saturated heterocycles. The normalized spacial score (nSPS) is 22.1. The van der Waals surface area contributed by atoms with Crippen molar-refractivity contribution in [2.75, 3.05) is 13.1 Å². The number of para-hydroxylation sites is 1. The van der Waals surface area contributed by atoms with Crippen LogP contribution in [0.15, 0.2) is 65.8 Å². The number of amides is 8. The Morgan fingerprint density at radius 1 is 0.770 bits per heavy atom. The quantitative estimate of drug-likeness (QED) is 0.0488. The summed E-state index contributed by atoms with van der Waals surface area (Å²) in [7, 11) is 0. The first kappa shape index (κ1) is 59.0. The summed E-state index contributed by atoms with van der Waals surface area (Å²) in [5, 5.41) is 19.9. The van der Waals surface area contributed by atoms with E-state index in [0.717, 1.165) is 10.9 Å². The Balaban J connectivity index is 1.77. The maximum Gasteiger partial charge on any atom is 0.324 e. The minimum atomic E-state index is -1.40. The van der Waals surface area contributed by atoms with Gasteiger partial charge in [0.15, 0.2) is 5.96 Å². The summed E-state index contributed by atoms with van der Waals surface area (Å²) >= 11 is 0. The van der Waals surface area contributed by atoms with E-state index in [1.807, 2.05) is 31.2 Å². The number of nitrogens with zero attached hydrogens (tertiary/aromatic N) is 1. The third-order valence-corrected chi connectivity index (χ3v) is 12.7. The molecule has 1 aliphatic rings. The van der Waals surface area contributed by atoms with Crippen molar-refractivity contribution in [3.05, 3.63) is 71.9 Å². The number of unbranched alkanes of at least 4 members (excludes halogenated alkanes) is 1. The molecule has 23 nitrogen and oxygen atoms in total. The zero-order valence-corrected chi connectivity index (χ0v) is 42.8. The lowest BCUT2D eigenvalue weighted by Crippen LogP contribution is -2.61. The number of benzene rings is 2. The van der Waals surface area contributed by atoms with Crippen molar-refractivity contribution in [1.29, 1.82) is 0 Å². The molecule has 1 aromatic heterocycles. The van der Waals surface area contributed by atoms with Crippen LogP contribution in [-0.4, -0.2) is 120 Å². The number of guanidine groups is 1. The van der Waals surface area contributed by atoms with Crippen LogP contribution in [0.2, 0.25) is 0 Å². The maximum absolute atomic E-state index is 14.7. The van der Waals surface area contributed by atoms with Gasteiger partial charge in [0.25, 0.3) is 0 Å². The van der Waals surface area contributed by atoms with Gasteiger partial charge in [0.1, 0.15) is 42.3 Å². The molecule has 2 heterocycles. The van der Waals surface area contributed by atoms with E-state index >= 15 is 0 Å². The monoisotopic (exact) mass is 1030 g/mol. The highest BCUT2D eigenvalue weighted by Crippen LogP contribution is 2.20. The fourth-order valence-corrected chi connectivity index (χ4v) is 8.33. The molecular weight excluding hydrogens is 955 g/mol. The Hall–Kier alpha value is -7.56. The van der Waals surface area contributed by atoms with E-state index in [9.17, 15) is 43.2 Å². The number of H-pyrrole nitrogens is 1. The Labute approximate surface area is 431 Å². The second-order valence-electron chi connectivity index (χ2n) is 18.6. The number of fused-ring (bicyclic) bond motifs is 1. The number of aliphatic imine (C=N–C) groups is 1. The smallest absolute Gasteiger partial charge is 0.324 e. The Bertz CT molecular complexity index is 2410. The van der Waals surface area contributed by atoms with Gasteiger partial charge in [-0.1, -0.05) is 88.6 Å². The lowest BCUT2D eigenvalue weighted by Gasteiger charge is -2.30. The van der Waals surface area contributed by atoms with E-state index in [1.54, 1.807) is 50.4 Å². The highest BCUT2D eigenvalue weighted by atomic mass is 16.7. The van der Waals surface area contributed by atoms with Crippen LogP contribution in [-0.2, 0) is 60.8 Å². The first-order chi connectivity index (χ1) is 35.4. The Morgan fingerprint density at radius 2 is 1.43 bits per heavy atom. The number of aromatic amines is 1. The number of primary amides is 1. The van der Waals surface area contributed by atoms with Crippen LogP contribution in [0, 0.1) is 5.92 Å². The molecule has 1 fully saturated rings. The van der Waals surface area contributed by atoms with Gasteiger partial charge in [0.2, 0.25) is 47.3 Å². The first-order valence-corrected chi connectivity index (χ1v) is 25.4. The number of nitrogens with one attached hydrogen (secondary N) is 9. The number of hydroxylamine groups is 1. The van der Waals surface area contributed by atoms with Crippen LogP contribution in [0.25, 0.3) is 10.9 Å². The van der Waals surface area contributed by atoms with Gasteiger partial charge in [-0.05, 0) is 68.1 Å². The van der Waals surface area contributed by atoms with Crippen molar-refractivity contribution in [3.63, 3.8) is 0 Å². The molecule has 23 heteroatoms. The molecule has 0 radical (unpaired) electrons. The molecule has 3 aromatic rings. The second-order valence-corrected chi connectivity index (χ2v) is 18.6. The zero-order chi connectivity index (χ0) is 54.2. The van der Waals surface area contributed by atoms with Gasteiger partial charge in [-0.3, -0.25) is 48.1 Å². The van der Waals surface area contributed by atoms with Gasteiger partial charge >= 0.3 is 5.97 Å². The molecule has 1 aliphatic heterocycles. The molecule has 8 amide bonds. The number of nitrogens with two attached hydrogens (primary N) is 3. The Morgan fingerprint density at radius 3 is 2.12 bits per heavy atom. The van der Waals surface area contributed by atoms with Crippen molar-refractivity contribution < 1.29 is 48.0 Å². The van der Waals surface area contributed by atoms with Crippen molar-refractivity contribution in [2.45, 2.75) is 153 Å². The molecule has 4 rings (SSSR count). The summed E-state index contributed by atoms with van der Waals surface area (Å²) in [5.74, 6) is -7.39. The average Bonchev–Trinajstić information content (AvgIpc) is 3.78. The van der Waals surface area contributed by atoms with Crippen LogP contribution in [0.1, 0.15) is 109 Å². The molecule has 0 saturated carbocycles. The molecular formula is C51H75N13O10. The van der Waals surface area contributed by atoms with Crippen molar-refractivity contribution in [3.8, 4) is 0 Å². The van der Waals surface area contributed by atoms with E-state index in [1.165, 1.54) is 6.92 Å². The predicted molar refractivity (Wildman–Crippen MR) is 277 cm³/mol. The minimum absolute atomic E-state index is 0.0359. The number of hydrogen-bond acceptors (Lipinski definition) is 12. The third kappa shape index (κ3) is 19.5. The number of carbonyl (C=O) groups is 9. The minimum Gasteiger partial charge on any atom is -0.371 e. The summed E-state index contributed by atoms with van der Waals surface area (Å²) < 4.78 is 0. The topological polar surface area (TPSA) is 365 Å². The Kier molecular flexibility index (Phi) is 24.3. The maximum atomic E-state index is 14.7. The summed E-state index contributed by atoms with van der Waals surface area (Å²) in [5.41, 5.74) is 21.6. The van der Waals surface area contributed by atoms with Gasteiger partial charge < -0.3 is 64.2 Å². The number of carbonyl (C=O) groups excluding carboxylic acids is 9. The number of aromatic nitrogens is 1. The van der Waals surface area contributed by atoms with Gasteiger partial charge in [-0.25, -0.2) is 0 Å². The van der Waals surface area contributed by atoms with Crippen LogP contribution in [0.3, 0.4) is 0 Å². The fourth-order valence-electron chi connectivity index (χ4n) is 8.33. The summed E-state index contributed by atoms with van der Waals surface area (Å²) in [6, 6.07) is 7.26. The lowest BCUT2D eigenvalue weighted by atomic mass is 9.96. The van der Waals surface area contributed by atoms with Gasteiger partial charge in [-0.2, -0.15) is 5.48 Å².